The first-order valence-corrected chi connectivity index (χ1v) is 8.00. The van der Waals surface area contributed by atoms with Crippen molar-refractivity contribution in [2.24, 2.45) is 0 Å². The van der Waals surface area contributed by atoms with Gasteiger partial charge in [0, 0.05) is 24.1 Å². The van der Waals surface area contributed by atoms with Crippen LogP contribution >= 0.6 is 0 Å². The summed E-state index contributed by atoms with van der Waals surface area (Å²) in [5.41, 5.74) is 1.69. The number of nitrogens with zero attached hydrogens (tertiary/aromatic N) is 3. The smallest absolute Gasteiger partial charge is 0.269 e. The lowest BCUT2D eigenvalue weighted by molar-refractivity contribution is -0.384. The molecule has 8 heteroatoms. The van der Waals surface area contributed by atoms with E-state index in [-0.39, 0.29) is 24.0 Å². The Bertz CT molecular complexity index is 891. The Kier molecular flexibility index (Phi) is 5.33. The largest absolute Gasteiger partial charge is 0.347 e. The van der Waals surface area contributed by atoms with Crippen LogP contribution in [0, 0.1) is 10.1 Å². The Morgan fingerprint density at radius 2 is 1.85 bits per heavy atom. The van der Waals surface area contributed by atoms with Crippen LogP contribution in [0.5, 0.6) is 0 Å². The molecule has 0 atom stereocenters. The van der Waals surface area contributed by atoms with E-state index in [1.54, 1.807) is 12.1 Å². The van der Waals surface area contributed by atoms with Crippen LogP contribution in [0.15, 0.2) is 59.1 Å². The molecule has 0 radical (unpaired) electrons. The Balaban J connectivity index is 1.51. The van der Waals surface area contributed by atoms with Crippen molar-refractivity contribution in [1.29, 1.82) is 0 Å². The minimum atomic E-state index is -0.476. The van der Waals surface area contributed by atoms with Gasteiger partial charge in [0.15, 0.2) is 0 Å². The van der Waals surface area contributed by atoms with Gasteiger partial charge in [-0.05, 0) is 24.1 Å². The second-order valence-electron chi connectivity index (χ2n) is 5.58. The Morgan fingerprint density at radius 1 is 1.12 bits per heavy atom. The van der Waals surface area contributed by atoms with Crippen LogP contribution in [0.25, 0.3) is 11.4 Å². The van der Waals surface area contributed by atoms with Crippen molar-refractivity contribution in [2.45, 2.75) is 19.4 Å². The molecule has 0 spiro atoms. The predicted octanol–water partition coefficient (Wildman–Crippen LogP) is 2.89. The van der Waals surface area contributed by atoms with Crippen LogP contribution in [-0.2, 0) is 17.8 Å². The zero-order valence-corrected chi connectivity index (χ0v) is 13.8. The number of benzene rings is 2. The zero-order chi connectivity index (χ0) is 18.4. The molecular formula is C18H16N4O4. The molecule has 0 unspecified atom stereocenters. The van der Waals surface area contributed by atoms with Crippen molar-refractivity contribution >= 4 is 11.6 Å². The van der Waals surface area contributed by atoms with Crippen LogP contribution in [0.2, 0.25) is 0 Å². The summed E-state index contributed by atoms with van der Waals surface area (Å²) in [7, 11) is 0. The Morgan fingerprint density at radius 3 is 2.54 bits per heavy atom. The number of aryl methyl sites for hydroxylation is 1. The lowest BCUT2D eigenvalue weighted by Gasteiger charge is -2.02. The van der Waals surface area contributed by atoms with E-state index in [9.17, 15) is 14.9 Å². The molecule has 2 aromatic carbocycles. The number of aromatic nitrogens is 2. The van der Waals surface area contributed by atoms with Crippen LogP contribution in [0.1, 0.15) is 17.9 Å². The minimum absolute atomic E-state index is 0.0110. The molecule has 1 heterocycles. The molecule has 0 aliphatic carbocycles. The van der Waals surface area contributed by atoms with Crippen LogP contribution in [0.4, 0.5) is 5.69 Å². The fraction of sp³-hybridized carbons (Fsp3) is 0.167. The first kappa shape index (κ1) is 17.3. The number of rotatable bonds is 7. The second-order valence-corrected chi connectivity index (χ2v) is 5.58. The molecule has 26 heavy (non-hydrogen) atoms. The molecule has 8 nitrogen and oxygen atoms in total. The van der Waals surface area contributed by atoms with Gasteiger partial charge in [-0.1, -0.05) is 35.5 Å². The summed E-state index contributed by atoms with van der Waals surface area (Å²) in [5, 5.41) is 17.2. The predicted molar refractivity (Wildman–Crippen MR) is 93.0 cm³/mol. The lowest BCUT2D eigenvalue weighted by atomic mass is 10.1. The van der Waals surface area contributed by atoms with Crippen molar-refractivity contribution in [3.05, 3.63) is 76.2 Å². The summed E-state index contributed by atoms with van der Waals surface area (Å²) in [5.74, 6) is 0.476. The number of nitro benzene ring substituents is 1. The first-order chi connectivity index (χ1) is 12.6. The van der Waals surface area contributed by atoms with E-state index >= 15 is 0 Å². The zero-order valence-electron chi connectivity index (χ0n) is 13.8. The highest BCUT2D eigenvalue weighted by Crippen LogP contribution is 2.19. The summed E-state index contributed by atoms with van der Waals surface area (Å²) in [4.78, 5) is 26.3. The molecule has 1 N–H and O–H groups in total. The van der Waals surface area contributed by atoms with Crippen LogP contribution in [0.3, 0.4) is 0 Å². The number of carbonyl (C=O) groups is 1. The van der Waals surface area contributed by atoms with Gasteiger partial charge in [-0.15, -0.1) is 0 Å². The monoisotopic (exact) mass is 352 g/mol. The number of nitro groups is 1. The molecule has 1 aromatic heterocycles. The first-order valence-electron chi connectivity index (χ1n) is 8.00. The summed E-state index contributed by atoms with van der Waals surface area (Å²) >= 11 is 0. The van der Waals surface area contributed by atoms with E-state index in [2.05, 4.69) is 15.5 Å². The minimum Gasteiger partial charge on any atom is -0.347 e. The fourth-order valence-electron chi connectivity index (χ4n) is 2.34. The third kappa shape index (κ3) is 4.50. The van der Waals surface area contributed by atoms with Gasteiger partial charge in [-0.25, -0.2) is 0 Å². The third-order valence-electron chi connectivity index (χ3n) is 3.72. The van der Waals surface area contributed by atoms with Gasteiger partial charge in [-0.3, -0.25) is 14.9 Å². The van der Waals surface area contributed by atoms with Crippen molar-refractivity contribution in [3.63, 3.8) is 0 Å². The summed E-state index contributed by atoms with van der Waals surface area (Å²) in [6.07, 6.45) is 1.03. The van der Waals surface area contributed by atoms with Gasteiger partial charge in [0.2, 0.25) is 17.6 Å². The number of hydrogen-bond donors (Lipinski definition) is 1. The second kappa shape index (κ2) is 8.02. The number of nitrogens with one attached hydrogen (secondary N) is 1. The average Bonchev–Trinajstić information content (AvgIpc) is 3.14. The molecule has 132 valence electrons. The van der Waals surface area contributed by atoms with E-state index < -0.39 is 4.92 Å². The van der Waals surface area contributed by atoms with Gasteiger partial charge >= 0.3 is 0 Å². The van der Waals surface area contributed by atoms with E-state index in [4.69, 9.17) is 4.52 Å². The number of carbonyl (C=O) groups excluding carboxylic acids is 1. The quantitative estimate of drug-likeness (QED) is 0.517. The van der Waals surface area contributed by atoms with E-state index in [0.29, 0.717) is 24.2 Å². The standard InChI is InChI=1S/C18H16N4O4/c23-16(11-6-13-4-2-1-3-5-13)19-12-17-20-18(21-26-17)14-7-9-15(10-8-14)22(24)25/h1-5,7-10H,6,11-12H2,(H,19,23). The maximum absolute atomic E-state index is 11.9. The summed E-state index contributed by atoms with van der Waals surface area (Å²) < 4.78 is 5.10. The maximum atomic E-state index is 11.9. The van der Waals surface area contributed by atoms with Crippen molar-refractivity contribution in [3.8, 4) is 11.4 Å². The summed E-state index contributed by atoms with van der Waals surface area (Å²) in [6.45, 7) is 0.133. The van der Waals surface area contributed by atoms with Crippen molar-refractivity contribution in [2.75, 3.05) is 0 Å². The molecule has 0 fully saturated rings. The van der Waals surface area contributed by atoms with Gasteiger partial charge in [0.1, 0.15) is 0 Å². The summed E-state index contributed by atoms with van der Waals surface area (Å²) in [6, 6.07) is 15.6. The van der Waals surface area contributed by atoms with Gasteiger partial charge in [0.05, 0.1) is 11.5 Å². The molecule has 3 rings (SSSR count). The van der Waals surface area contributed by atoms with Crippen LogP contribution < -0.4 is 5.32 Å². The lowest BCUT2D eigenvalue weighted by Crippen LogP contribution is -2.23. The van der Waals surface area contributed by atoms with Gasteiger partial charge in [-0.2, -0.15) is 4.98 Å². The highest BCUT2D eigenvalue weighted by molar-refractivity contribution is 5.76. The van der Waals surface area contributed by atoms with Crippen molar-refractivity contribution in [1.82, 2.24) is 15.5 Å². The molecular weight excluding hydrogens is 336 g/mol. The Hall–Kier alpha value is -3.55. The molecule has 0 aliphatic heterocycles. The highest BCUT2D eigenvalue weighted by atomic mass is 16.6. The van der Waals surface area contributed by atoms with E-state index in [0.717, 1.165) is 5.56 Å². The molecule has 3 aromatic rings. The fourth-order valence-corrected chi connectivity index (χ4v) is 2.34. The Labute approximate surface area is 149 Å². The highest BCUT2D eigenvalue weighted by Gasteiger charge is 2.12. The SMILES string of the molecule is O=C(CCc1ccccc1)NCc1nc(-c2ccc([N+](=O)[O-])cc2)no1. The van der Waals surface area contributed by atoms with Crippen LogP contribution in [-0.4, -0.2) is 21.0 Å². The number of non-ortho nitro benzene ring substituents is 1. The average molecular weight is 352 g/mol. The number of hydrogen-bond acceptors (Lipinski definition) is 6. The van der Waals surface area contributed by atoms with E-state index in [1.807, 2.05) is 30.3 Å². The third-order valence-corrected chi connectivity index (χ3v) is 3.72. The number of amides is 1. The maximum Gasteiger partial charge on any atom is 0.269 e. The van der Waals surface area contributed by atoms with E-state index in [1.165, 1.54) is 12.1 Å². The molecule has 0 bridgehead atoms. The molecule has 1 amide bonds. The van der Waals surface area contributed by atoms with Gasteiger partial charge < -0.3 is 9.84 Å². The van der Waals surface area contributed by atoms with Gasteiger partial charge in [0.25, 0.3) is 5.69 Å². The molecule has 0 saturated heterocycles. The van der Waals surface area contributed by atoms with Crippen molar-refractivity contribution < 1.29 is 14.2 Å². The molecule has 0 saturated carbocycles. The topological polar surface area (TPSA) is 111 Å². The molecule has 0 aliphatic rings. The normalized spacial score (nSPS) is 10.5.